The molecule has 0 saturated carbocycles. The standard InChI is InChI=1S/C23H21F4NO/c1-3-8-28-13-18(10-16-4-6-19(24)11-21(16)26)23(9-15(28)2)29-14-17-5-7-20(25)12-22(17)27/h3-7,9,11-12H,1,8,10,13-14H2,2H3. The van der Waals surface area contributed by atoms with Gasteiger partial charge in [-0.25, -0.2) is 17.6 Å². The highest BCUT2D eigenvalue weighted by Crippen LogP contribution is 2.26. The van der Waals surface area contributed by atoms with E-state index in [2.05, 4.69) is 6.58 Å². The molecular weight excluding hydrogens is 382 g/mol. The van der Waals surface area contributed by atoms with Crippen LogP contribution in [0, 0.1) is 23.3 Å². The molecule has 1 aliphatic heterocycles. The Balaban J connectivity index is 1.88. The number of rotatable bonds is 7. The third-order valence-corrected chi connectivity index (χ3v) is 4.74. The average Bonchev–Trinajstić information content (AvgIpc) is 2.66. The van der Waals surface area contributed by atoms with Crippen LogP contribution in [-0.2, 0) is 17.8 Å². The maximum atomic E-state index is 14.2. The molecule has 0 aliphatic carbocycles. The zero-order valence-corrected chi connectivity index (χ0v) is 16.0. The lowest BCUT2D eigenvalue weighted by Crippen LogP contribution is -2.29. The van der Waals surface area contributed by atoms with Crippen molar-refractivity contribution in [1.82, 2.24) is 4.90 Å². The van der Waals surface area contributed by atoms with E-state index in [-0.39, 0.29) is 18.6 Å². The summed E-state index contributed by atoms with van der Waals surface area (Å²) in [5, 5.41) is 0. The summed E-state index contributed by atoms with van der Waals surface area (Å²) in [7, 11) is 0. The van der Waals surface area contributed by atoms with E-state index in [0.29, 0.717) is 24.4 Å². The Kier molecular flexibility index (Phi) is 6.42. The molecule has 2 aromatic rings. The molecule has 152 valence electrons. The van der Waals surface area contributed by atoms with Crippen LogP contribution in [0.4, 0.5) is 17.6 Å². The lowest BCUT2D eigenvalue weighted by atomic mass is 9.99. The van der Waals surface area contributed by atoms with E-state index in [1.165, 1.54) is 24.3 Å². The van der Waals surface area contributed by atoms with Crippen LogP contribution in [0.5, 0.6) is 0 Å². The van der Waals surface area contributed by atoms with E-state index in [1.807, 2.05) is 11.8 Å². The molecule has 0 fully saturated rings. The van der Waals surface area contributed by atoms with Gasteiger partial charge in [-0.2, -0.15) is 0 Å². The molecule has 0 aromatic heterocycles. The van der Waals surface area contributed by atoms with Crippen molar-refractivity contribution >= 4 is 0 Å². The Morgan fingerprint density at radius 2 is 1.62 bits per heavy atom. The maximum absolute atomic E-state index is 14.2. The van der Waals surface area contributed by atoms with Crippen molar-refractivity contribution < 1.29 is 22.3 Å². The maximum Gasteiger partial charge on any atom is 0.132 e. The van der Waals surface area contributed by atoms with Crippen LogP contribution in [0.25, 0.3) is 0 Å². The number of benzene rings is 2. The molecule has 0 spiro atoms. The van der Waals surface area contributed by atoms with Gasteiger partial charge in [0.2, 0.25) is 0 Å². The summed E-state index contributed by atoms with van der Waals surface area (Å²) in [5.74, 6) is -2.14. The number of allylic oxidation sites excluding steroid dienone is 2. The number of halogens is 4. The normalized spacial score (nSPS) is 14.1. The van der Waals surface area contributed by atoms with Crippen LogP contribution >= 0.6 is 0 Å². The predicted molar refractivity (Wildman–Crippen MR) is 104 cm³/mol. The van der Waals surface area contributed by atoms with E-state index >= 15 is 0 Å². The van der Waals surface area contributed by atoms with Gasteiger partial charge in [0.1, 0.15) is 35.6 Å². The first-order valence-electron chi connectivity index (χ1n) is 9.14. The van der Waals surface area contributed by atoms with Crippen molar-refractivity contribution in [2.24, 2.45) is 0 Å². The number of hydrogen-bond donors (Lipinski definition) is 0. The molecular formula is C23H21F4NO. The van der Waals surface area contributed by atoms with E-state index in [0.717, 1.165) is 23.4 Å². The summed E-state index contributed by atoms with van der Waals surface area (Å²) in [6.07, 6.45) is 3.77. The molecule has 2 nitrogen and oxygen atoms in total. The lowest BCUT2D eigenvalue weighted by molar-refractivity contribution is 0.195. The van der Waals surface area contributed by atoms with Crippen LogP contribution < -0.4 is 0 Å². The fourth-order valence-corrected chi connectivity index (χ4v) is 3.16. The molecule has 0 saturated heterocycles. The Hall–Kier alpha value is -3.02. The van der Waals surface area contributed by atoms with Crippen molar-refractivity contribution in [2.45, 2.75) is 20.0 Å². The van der Waals surface area contributed by atoms with Crippen LogP contribution in [-0.4, -0.2) is 18.0 Å². The Bertz CT molecular complexity index is 981. The summed E-state index contributed by atoms with van der Waals surface area (Å²) < 4.78 is 60.2. The quantitative estimate of drug-likeness (QED) is 0.437. The van der Waals surface area contributed by atoms with Crippen LogP contribution in [0.3, 0.4) is 0 Å². The topological polar surface area (TPSA) is 12.5 Å². The number of ether oxygens (including phenoxy) is 1. The summed E-state index contributed by atoms with van der Waals surface area (Å²) in [5.41, 5.74) is 2.24. The molecule has 6 heteroatoms. The van der Waals surface area contributed by atoms with Crippen molar-refractivity contribution in [2.75, 3.05) is 13.1 Å². The SMILES string of the molecule is C=CCN1CC(Cc2ccc(F)cc2F)=C(OCc2ccc(F)cc2F)C=C1C. The second kappa shape index (κ2) is 8.99. The first-order valence-corrected chi connectivity index (χ1v) is 9.14. The largest absolute Gasteiger partial charge is 0.489 e. The van der Waals surface area contributed by atoms with Crippen molar-refractivity contribution in [3.8, 4) is 0 Å². The monoisotopic (exact) mass is 403 g/mol. The Labute approximate surface area is 167 Å². The average molecular weight is 403 g/mol. The molecule has 0 bridgehead atoms. The number of hydrogen-bond acceptors (Lipinski definition) is 2. The van der Waals surface area contributed by atoms with Crippen molar-refractivity contribution in [3.63, 3.8) is 0 Å². The summed E-state index contributed by atoms with van der Waals surface area (Å²) in [6, 6.07) is 6.74. The fourth-order valence-electron chi connectivity index (χ4n) is 3.16. The molecule has 1 heterocycles. The summed E-state index contributed by atoms with van der Waals surface area (Å²) >= 11 is 0. The third kappa shape index (κ3) is 5.08. The van der Waals surface area contributed by atoms with E-state index in [4.69, 9.17) is 4.74 Å². The molecule has 1 aliphatic rings. The zero-order chi connectivity index (χ0) is 21.0. The molecule has 0 atom stereocenters. The molecule has 2 aromatic carbocycles. The minimum absolute atomic E-state index is 0.0952. The third-order valence-electron chi connectivity index (χ3n) is 4.74. The van der Waals surface area contributed by atoms with E-state index in [1.54, 1.807) is 12.2 Å². The molecule has 29 heavy (non-hydrogen) atoms. The highest BCUT2D eigenvalue weighted by molar-refractivity contribution is 5.35. The Morgan fingerprint density at radius 3 is 2.21 bits per heavy atom. The van der Waals surface area contributed by atoms with Gasteiger partial charge in [0.15, 0.2) is 0 Å². The second-order valence-electron chi connectivity index (χ2n) is 6.86. The predicted octanol–water partition coefficient (Wildman–Crippen LogP) is 5.66. The van der Waals surface area contributed by atoms with Gasteiger partial charge >= 0.3 is 0 Å². The van der Waals surface area contributed by atoms with Gasteiger partial charge in [0.05, 0.1) is 0 Å². The van der Waals surface area contributed by atoms with Gasteiger partial charge in [-0.05, 0) is 42.3 Å². The smallest absolute Gasteiger partial charge is 0.132 e. The summed E-state index contributed by atoms with van der Waals surface area (Å²) in [6.45, 7) is 6.61. The highest BCUT2D eigenvalue weighted by atomic mass is 19.1. The van der Waals surface area contributed by atoms with Crippen molar-refractivity contribution in [3.05, 3.63) is 107 Å². The van der Waals surface area contributed by atoms with Gasteiger partial charge in [0.25, 0.3) is 0 Å². The first-order chi connectivity index (χ1) is 13.9. The fraction of sp³-hybridized carbons (Fsp3) is 0.217. The molecule has 3 rings (SSSR count). The number of nitrogens with zero attached hydrogens (tertiary/aromatic N) is 1. The van der Waals surface area contributed by atoms with Gasteiger partial charge in [-0.15, -0.1) is 6.58 Å². The Morgan fingerprint density at radius 1 is 1.00 bits per heavy atom. The molecule has 0 radical (unpaired) electrons. The highest BCUT2D eigenvalue weighted by Gasteiger charge is 2.20. The zero-order valence-electron chi connectivity index (χ0n) is 16.0. The minimum atomic E-state index is -0.693. The van der Waals surface area contributed by atoms with Crippen LogP contribution in [0.1, 0.15) is 18.1 Å². The van der Waals surface area contributed by atoms with Crippen LogP contribution in [0.15, 0.2) is 72.2 Å². The van der Waals surface area contributed by atoms with Gasteiger partial charge < -0.3 is 9.64 Å². The van der Waals surface area contributed by atoms with Crippen molar-refractivity contribution in [1.29, 1.82) is 0 Å². The van der Waals surface area contributed by atoms with E-state index in [9.17, 15) is 17.6 Å². The minimum Gasteiger partial charge on any atom is -0.489 e. The van der Waals surface area contributed by atoms with Gasteiger partial charge in [-0.3, -0.25) is 0 Å². The van der Waals surface area contributed by atoms with E-state index < -0.39 is 23.3 Å². The summed E-state index contributed by atoms with van der Waals surface area (Å²) in [4.78, 5) is 2.04. The molecule has 0 N–H and O–H groups in total. The van der Waals surface area contributed by atoms with Gasteiger partial charge in [-0.1, -0.05) is 12.1 Å². The molecule has 0 amide bonds. The van der Waals surface area contributed by atoms with Gasteiger partial charge in [0, 0.05) is 42.9 Å². The van der Waals surface area contributed by atoms with Crippen LogP contribution in [0.2, 0.25) is 0 Å². The lowest BCUT2D eigenvalue weighted by Gasteiger charge is -2.31. The molecule has 0 unspecified atom stereocenters. The second-order valence-corrected chi connectivity index (χ2v) is 6.86. The first kappa shape index (κ1) is 20.7.